The number of rotatable bonds is 3. The molecule has 1 aromatic heterocycles. The normalized spacial score (nSPS) is 18.6. The van der Waals surface area contributed by atoms with Crippen LogP contribution in [0.2, 0.25) is 0 Å². The van der Waals surface area contributed by atoms with Gasteiger partial charge in [0.15, 0.2) is 5.78 Å². The van der Waals surface area contributed by atoms with Gasteiger partial charge in [-0.25, -0.2) is 4.39 Å². The molecule has 0 saturated heterocycles. The zero-order chi connectivity index (χ0) is 26.2. The van der Waals surface area contributed by atoms with E-state index in [1.807, 2.05) is 47.8 Å². The highest BCUT2D eigenvalue weighted by molar-refractivity contribution is 7.12. The Labute approximate surface area is 223 Å². The maximum atomic E-state index is 14.1. The van der Waals surface area contributed by atoms with E-state index in [9.17, 15) is 19.2 Å². The van der Waals surface area contributed by atoms with Gasteiger partial charge in [-0.15, -0.1) is 11.3 Å². The molecule has 0 spiro atoms. The molecule has 3 aromatic carbocycles. The fourth-order valence-corrected chi connectivity index (χ4v) is 6.02. The first-order valence-electron chi connectivity index (χ1n) is 12.3. The first-order chi connectivity index (χ1) is 18.5. The van der Waals surface area contributed by atoms with E-state index in [-0.39, 0.29) is 29.8 Å². The SMILES string of the molecule is N#Cc1ccc([C@@H]2C3=C(C[C@@H](c4ccc(F)cc4)CC3=O)Nc3ccccc3N2C(=O)c2cccs2)cc1. The Morgan fingerprint density at radius 2 is 1.68 bits per heavy atom. The van der Waals surface area contributed by atoms with Gasteiger partial charge in [0, 0.05) is 17.7 Å². The predicted molar refractivity (Wildman–Crippen MR) is 145 cm³/mol. The van der Waals surface area contributed by atoms with Crippen LogP contribution >= 0.6 is 11.3 Å². The van der Waals surface area contributed by atoms with Gasteiger partial charge in [0.25, 0.3) is 5.91 Å². The van der Waals surface area contributed by atoms with Crippen molar-refractivity contribution < 1.29 is 14.0 Å². The van der Waals surface area contributed by atoms with Crippen LogP contribution in [0.4, 0.5) is 15.8 Å². The number of carbonyl (C=O) groups is 2. The van der Waals surface area contributed by atoms with Crippen LogP contribution in [0.1, 0.15) is 51.2 Å². The Balaban J connectivity index is 1.55. The van der Waals surface area contributed by atoms with Gasteiger partial charge in [-0.1, -0.05) is 42.5 Å². The van der Waals surface area contributed by atoms with Crippen LogP contribution in [0.3, 0.4) is 0 Å². The number of para-hydroxylation sites is 2. The number of thiophene rings is 1. The molecule has 4 aromatic rings. The summed E-state index contributed by atoms with van der Waals surface area (Å²) in [6.45, 7) is 0. The molecule has 0 bridgehead atoms. The Bertz CT molecular complexity index is 1600. The van der Waals surface area contributed by atoms with E-state index < -0.39 is 6.04 Å². The maximum absolute atomic E-state index is 14.1. The Morgan fingerprint density at radius 1 is 0.947 bits per heavy atom. The fraction of sp³-hybridized carbons (Fsp3) is 0.129. The van der Waals surface area contributed by atoms with Crippen LogP contribution in [-0.2, 0) is 4.79 Å². The van der Waals surface area contributed by atoms with Crippen molar-refractivity contribution in [1.82, 2.24) is 0 Å². The zero-order valence-electron chi connectivity index (χ0n) is 20.2. The van der Waals surface area contributed by atoms with E-state index in [4.69, 9.17) is 0 Å². The number of nitriles is 1. The number of anilines is 2. The minimum absolute atomic E-state index is 0.0702. The number of fused-ring (bicyclic) bond motifs is 1. The highest BCUT2D eigenvalue weighted by Crippen LogP contribution is 2.48. The molecule has 38 heavy (non-hydrogen) atoms. The molecule has 2 heterocycles. The van der Waals surface area contributed by atoms with Crippen LogP contribution in [0, 0.1) is 17.1 Å². The highest BCUT2D eigenvalue weighted by Gasteiger charge is 2.42. The Hall–Kier alpha value is -4.54. The van der Waals surface area contributed by atoms with Crippen LogP contribution in [0.25, 0.3) is 0 Å². The van der Waals surface area contributed by atoms with E-state index in [1.165, 1.54) is 23.5 Å². The van der Waals surface area contributed by atoms with Gasteiger partial charge in [0.1, 0.15) is 5.82 Å². The third-order valence-corrected chi connectivity index (χ3v) is 7.99. The van der Waals surface area contributed by atoms with Crippen molar-refractivity contribution in [2.75, 3.05) is 10.2 Å². The van der Waals surface area contributed by atoms with E-state index >= 15 is 0 Å². The van der Waals surface area contributed by atoms with Crippen molar-refractivity contribution in [2.45, 2.75) is 24.8 Å². The molecule has 0 saturated carbocycles. The number of amides is 1. The summed E-state index contributed by atoms with van der Waals surface area (Å²) in [6, 6.07) is 26.0. The molecule has 186 valence electrons. The van der Waals surface area contributed by atoms with Crippen LogP contribution < -0.4 is 10.2 Å². The molecule has 1 aliphatic carbocycles. The van der Waals surface area contributed by atoms with Crippen molar-refractivity contribution in [3.8, 4) is 6.07 Å². The quantitative estimate of drug-likeness (QED) is 0.317. The first kappa shape index (κ1) is 23.8. The molecule has 7 heteroatoms. The largest absolute Gasteiger partial charge is 0.357 e. The van der Waals surface area contributed by atoms with Gasteiger partial charge < -0.3 is 5.32 Å². The van der Waals surface area contributed by atoms with Gasteiger partial charge in [-0.2, -0.15) is 5.26 Å². The van der Waals surface area contributed by atoms with Gasteiger partial charge in [0.05, 0.1) is 33.9 Å². The molecule has 0 unspecified atom stereocenters. The van der Waals surface area contributed by atoms with Crippen molar-refractivity contribution in [2.24, 2.45) is 0 Å². The number of hydrogen-bond donors (Lipinski definition) is 1. The number of benzene rings is 3. The number of hydrogen-bond acceptors (Lipinski definition) is 5. The molecule has 2 atom stereocenters. The van der Waals surface area contributed by atoms with Crippen molar-refractivity contribution >= 4 is 34.4 Å². The van der Waals surface area contributed by atoms with Crippen LogP contribution in [0.5, 0.6) is 0 Å². The molecule has 1 amide bonds. The average Bonchev–Trinajstić information content (AvgIpc) is 3.43. The van der Waals surface area contributed by atoms with Crippen LogP contribution in [-0.4, -0.2) is 11.7 Å². The van der Waals surface area contributed by atoms with E-state index in [1.54, 1.807) is 35.2 Å². The van der Waals surface area contributed by atoms with Crippen LogP contribution in [0.15, 0.2) is 102 Å². The highest BCUT2D eigenvalue weighted by atomic mass is 32.1. The first-order valence-corrected chi connectivity index (χ1v) is 13.2. The lowest BCUT2D eigenvalue weighted by atomic mass is 9.78. The summed E-state index contributed by atoms with van der Waals surface area (Å²) in [5, 5.41) is 14.7. The number of ketones is 1. The number of allylic oxidation sites excluding steroid dienone is 1. The lowest BCUT2D eigenvalue weighted by Crippen LogP contribution is -2.38. The molecule has 0 fully saturated rings. The van der Waals surface area contributed by atoms with Crippen molar-refractivity contribution in [3.05, 3.63) is 129 Å². The minimum Gasteiger partial charge on any atom is -0.357 e. The summed E-state index contributed by atoms with van der Waals surface area (Å²) in [5.41, 5.74) is 4.82. The molecule has 0 radical (unpaired) electrons. The molecular weight excluding hydrogens is 497 g/mol. The second kappa shape index (κ2) is 9.73. The molecule has 6 rings (SSSR count). The number of halogens is 1. The minimum atomic E-state index is -0.690. The number of Topliss-reactive ketones (excluding diaryl/α,β-unsaturated/α-hetero) is 1. The standard InChI is InChI=1S/C31H22FN3O2S/c32-23-13-11-20(12-14-23)22-16-25-29(27(36)17-22)30(21-9-7-19(18-33)8-10-21)35(31(37)28-6-3-15-38-28)26-5-2-1-4-24(26)34-25/h1-15,22,30,34H,16-17H2/t22-,30-/m1/s1. The van der Waals surface area contributed by atoms with Gasteiger partial charge in [-0.3, -0.25) is 14.5 Å². The summed E-state index contributed by atoms with van der Waals surface area (Å²) in [5.74, 6) is -0.714. The average molecular weight is 520 g/mol. The lowest BCUT2D eigenvalue weighted by Gasteiger charge is -2.35. The summed E-state index contributed by atoms with van der Waals surface area (Å²) in [7, 11) is 0. The molecule has 5 nitrogen and oxygen atoms in total. The van der Waals surface area contributed by atoms with Gasteiger partial charge >= 0.3 is 0 Å². The fourth-order valence-electron chi connectivity index (χ4n) is 5.36. The third kappa shape index (κ3) is 4.19. The number of carbonyl (C=O) groups excluding carboxylic acids is 2. The number of nitrogens with one attached hydrogen (secondary N) is 1. The molecule has 1 aliphatic heterocycles. The molecule has 2 aliphatic rings. The summed E-state index contributed by atoms with van der Waals surface area (Å²) in [4.78, 5) is 30.3. The summed E-state index contributed by atoms with van der Waals surface area (Å²) in [6.07, 6.45) is 0.783. The topological polar surface area (TPSA) is 73.2 Å². The lowest BCUT2D eigenvalue weighted by molar-refractivity contribution is -0.116. The smallest absolute Gasteiger partial charge is 0.269 e. The molecular formula is C31H22FN3O2S. The van der Waals surface area contributed by atoms with E-state index in [0.29, 0.717) is 28.1 Å². The Morgan fingerprint density at radius 3 is 2.39 bits per heavy atom. The van der Waals surface area contributed by atoms with Crippen molar-refractivity contribution in [1.29, 1.82) is 5.26 Å². The van der Waals surface area contributed by atoms with Gasteiger partial charge in [-0.05, 0) is 71.3 Å². The summed E-state index contributed by atoms with van der Waals surface area (Å²) < 4.78 is 13.6. The summed E-state index contributed by atoms with van der Waals surface area (Å²) >= 11 is 1.35. The number of nitrogens with zero attached hydrogens (tertiary/aromatic N) is 2. The monoisotopic (exact) mass is 519 g/mol. The third-order valence-electron chi connectivity index (χ3n) is 7.14. The second-order valence-electron chi connectivity index (χ2n) is 9.40. The second-order valence-corrected chi connectivity index (χ2v) is 10.4. The zero-order valence-corrected chi connectivity index (χ0v) is 21.0. The predicted octanol–water partition coefficient (Wildman–Crippen LogP) is 6.97. The Kier molecular flexibility index (Phi) is 6.10. The van der Waals surface area contributed by atoms with Gasteiger partial charge in [0.2, 0.25) is 0 Å². The molecule has 1 N–H and O–H groups in total. The maximum Gasteiger partial charge on any atom is 0.269 e. The van der Waals surface area contributed by atoms with E-state index in [0.717, 1.165) is 22.5 Å². The van der Waals surface area contributed by atoms with E-state index in [2.05, 4.69) is 11.4 Å². The van der Waals surface area contributed by atoms with Crippen molar-refractivity contribution in [3.63, 3.8) is 0 Å².